The smallest absolute Gasteiger partial charge is 0.0641 e. The Bertz CT molecular complexity index is 321. The maximum absolute atomic E-state index is 8.47. The molecule has 13 heavy (non-hydrogen) atoms. The minimum Gasteiger partial charge on any atom is -0.323 e. The number of nitrogens with zero attached hydrogens (tertiary/aromatic N) is 1. The van der Waals surface area contributed by atoms with Crippen molar-refractivity contribution in [2.75, 3.05) is 0 Å². The van der Waals surface area contributed by atoms with Crippen LogP contribution in [0.5, 0.6) is 0 Å². The third-order valence-corrected chi connectivity index (χ3v) is 2.02. The van der Waals surface area contributed by atoms with E-state index in [9.17, 15) is 0 Å². The number of nitrogens with two attached hydrogens (primary N) is 1. The number of hydrogen-bond donors (Lipinski definition) is 1. The van der Waals surface area contributed by atoms with E-state index in [1.54, 1.807) is 6.07 Å². The van der Waals surface area contributed by atoms with Gasteiger partial charge in [-0.1, -0.05) is 17.7 Å². The van der Waals surface area contributed by atoms with Crippen LogP contribution in [0.2, 0.25) is 5.02 Å². The largest absolute Gasteiger partial charge is 0.323 e. The van der Waals surface area contributed by atoms with Crippen LogP contribution in [0.25, 0.3) is 0 Å². The van der Waals surface area contributed by atoms with Crippen LogP contribution in [0.3, 0.4) is 0 Å². The normalized spacial score (nSPS) is 12.2. The summed E-state index contributed by atoms with van der Waals surface area (Å²) in [6.07, 6.45) is 0.319. The first-order valence-corrected chi connectivity index (χ1v) is 4.41. The van der Waals surface area contributed by atoms with Crippen molar-refractivity contribution in [3.63, 3.8) is 0 Å². The predicted octanol–water partition coefficient (Wildman–Crippen LogP) is 2.56. The molecule has 1 atom stereocenters. The Labute approximate surface area is 82.9 Å². The van der Waals surface area contributed by atoms with E-state index in [-0.39, 0.29) is 6.04 Å². The van der Waals surface area contributed by atoms with Crippen LogP contribution < -0.4 is 5.73 Å². The quantitative estimate of drug-likeness (QED) is 0.787. The van der Waals surface area contributed by atoms with Gasteiger partial charge in [-0.15, -0.1) is 0 Å². The molecule has 0 spiro atoms. The fourth-order valence-electron chi connectivity index (χ4n) is 1.19. The zero-order valence-corrected chi connectivity index (χ0v) is 8.17. The fourth-order valence-corrected chi connectivity index (χ4v) is 1.49. The second-order valence-electron chi connectivity index (χ2n) is 3.03. The van der Waals surface area contributed by atoms with Crippen LogP contribution >= 0.6 is 11.6 Å². The number of rotatable bonds is 2. The molecule has 0 saturated heterocycles. The van der Waals surface area contributed by atoms with Gasteiger partial charge in [-0.2, -0.15) is 5.26 Å². The molecule has 0 aliphatic rings. The maximum Gasteiger partial charge on any atom is 0.0641 e. The lowest BCUT2D eigenvalue weighted by Crippen LogP contribution is -2.09. The van der Waals surface area contributed by atoms with E-state index in [0.29, 0.717) is 11.4 Å². The van der Waals surface area contributed by atoms with E-state index in [4.69, 9.17) is 22.6 Å². The lowest BCUT2D eigenvalue weighted by Gasteiger charge is -2.09. The van der Waals surface area contributed by atoms with E-state index >= 15 is 0 Å². The summed E-state index contributed by atoms with van der Waals surface area (Å²) in [4.78, 5) is 0. The highest BCUT2D eigenvalue weighted by atomic mass is 35.5. The fraction of sp³-hybridized carbons (Fsp3) is 0.300. The van der Waals surface area contributed by atoms with Gasteiger partial charge in [0, 0.05) is 11.1 Å². The van der Waals surface area contributed by atoms with Gasteiger partial charge in [-0.3, -0.25) is 0 Å². The van der Waals surface area contributed by atoms with Crippen molar-refractivity contribution in [2.45, 2.75) is 19.4 Å². The van der Waals surface area contributed by atoms with Gasteiger partial charge < -0.3 is 5.73 Å². The second-order valence-corrected chi connectivity index (χ2v) is 3.47. The minimum atomic E-state index is -0.234. The van der Waals surface area contributed by atoms with Crippen LogP contribution in [-0.2, 0) is 0 Å². The summed E-state index contributed by atoms with van der Waals surface area (Å²) in [6.45, 7) is 1.95. The summed E-state index contributed by atoms with van der Waals surface area (Å²) < 4.78 is 0. The van der Waals surface area contributed by atoms with Crippen molar-refractivity contribution in [3.05, 3.63) is 34.3 Å². The summed E-state index contributed by atoms with van der Waals surface area (Å²) in [5.74, 6) is 0. The number of hydrogen-bond acceptors (Lipinski definition) is 2. The van der Waals surface area contributed by atoms with Gasteiger partial charge in [0.2, 0.25) is 0 Å². The average Bonchev–Trinajstić information content (AvgIpc) is 2.03. The zero-order valence-electron chi connectivity index (χ0n) is 7.42. The lowest BCUT2D eigenvalue weighted by molar-refractivity contribution is 0.748. The van der Waals surface area contributed by atoms with Gasteiger partial charge >= 0.3 is 0 Å². The van der Waals surface area contributed by atoms with E-state index in [1.165, 1.54) is 0 Å². The monoisotopic (exact) mass is 194 g/mol. The predicted molar refractivity (Wildman–Crippen MR) is 53.3 cm³/mol. The topological polar surface area (TPSA) is 49.8 Å². The molecule has 0 saturated carbocycles. The lowest BCUT2D eigenvalue weighted by atomic mass is 10.0. The standard InChI is InChI=1S/C10H11ClN2/c1-7-4-8(6-9(11)5-7)10(13)2-3-12/h4-6,10H,2,13H2,1H3/t10-/m0/s1. The highest BCUT2D eigenvalue weighted by Gasteiger charge is 2.06. The van der Waals surface area contributed by atoms with Gasteiger partial charge in [0.15, 0.2) is 0 Å². The van der Waals surface area contributed by atoms with Crippen LogP contribution in [0.4, 0.5) is 0 Å². The van der Waals surface area contributed by atoms with Gasteiger partial charge in [0.25, 0.3) is 0 Å². The Morgan fingerprint density at radius 2 is 2.23 bits per heavy atom. The van der Waals surface area contributed by atoms with E-state index in [0.717, 1.165) is 11.1 Å². The first kappa shape index (κ1) is 10.0. The summed E-state index contributed by atoms with van der Waals surface area (Å²) in [6, 6.07) is 7.42. The molecule has 0 radical (unpaired) electrons. The summed E-state index contributed by atoms with van der Waals surface area (Å²) >= 11 is 5.86. The third-order valence-electron chi connectivity index (χ3n) is 1.80. The van der Waals surface area contributed by atoms with Crippen molar-refractivity contribution in [1.29, 1.82) is 5.26 Å². The molecule has 1 rings (SSSR count). The van der Waals surface area contributed by atoms with Crippen molar-refractivity contribution < 1.29 is 0 Å². The number of halogens is 1. The summed E-state index contributed by atoms with van der Waals surface area (Å²) in [7, 11) is 0. The van der Waals surface area contributed by atoms with Gasteiger partial charge in [-0.05, 0) is 30.2 Å². The Morgan fingerprint density at radius 1 is 1.54 bits per heavy atom. The molecule has 1 aromatic rings. The Hall–Kier alpha value is -1.04. The number of nitriles is 1. The van der Waals surface area contributed by atoms with Gasteiger partial charge in [-0.25, -0.2) is 0 Å². The molecular formula is C10H11ClN2. The van der Waals surface area contributed by atoms with E-state index in [2.05, 4.69) is 0 Å². The maximum atomic E-state index is 8.47. The molecule has 0 aliphatic carbocycles. The molecule has 0 bridgehead atoms. The van der Waals surface area contributed by atoms with Crippen LogP contribution in [0.1, 0.15) is 23.6 Å². The average molecular weight is 195 g/mol. The third kappa shape index (κ3) is 2.73. The molecule has 2 N–H and O–H groups in total. The Balaban J connectivity index is 2.95. The first-order valence-electron chi connectivity index (χ1n) is 4.03. The molecule has 0 aromatic heterocycles. The van der Waals surface area contributed by atoms with Gasteiger partial charge in [0.05, 0.1) is 12.5 Å². The zero-order chi connectivity index (χ0) is 9.84. The van der Waals surface area contributed by atoms with E-state index < -0.39 is 0 Å². The molecular weight excluding hydrogens is 184 g/mol. The molecule has 68 valence electrons. The van der Waals surface area contributed by atoms with Crippen molar-refractivity contribution in [3.8, 4) is 6.07 Å². The summed E-state index contributed by atoms with van der Waals surface area (Å²) in [5.41, 5.74) is 7.75. The molecule has 0 fully saturated rings. The Kier molecular flexibility index (Phi) is 3.30. The summed E-state index contributed by atoms with van der Waals surface area (Å²) in [5, 5.41) is 9.14. The molecule has 0 amide bonds. The molecule has 1 aromatic carbocycles. The highest BCUT2D eigenvalue weighted by molar-refractivity contribution is 6.30. The molecule has 3 heteroatoms. The van der Waals surface area contributed by atoms with E-state index in [1.807, 2.05) is 25.1 Å². The Morgan fingerprint density at radius 3 is 2.77 bits per heavy atom. The molecule has 0 heterocycles. The highest BCUT2D eigenvalue weighted by Crippen LogP contribution is 2.20. The number of aryl methyl sites for hydroxylation is 1. The SMILES string of the molecule is Cc1cc(Cl)cc([C@@H](N)CC#N)c1. The first-order chi connectivity index (χ1) is 6.13. The second kappa shape index (κ2) is 4.27. The number of benzene rings is 1. The van der Waals surface area contributed by atoms with Crippen molar-refractivity contribution in [2.24, 2.45) is 5.73 Å². The molecule has 0 aliphatic heterocycles. The molecule has 0 unspecified atom stereocenters. The van der Waals surface area contributed by atoms with Gasteiger partial charge in [0.1, 0.15) is 0 Å². The van der Waals surface area contributed by atoms with Crippen molar-refractivity contribution >= 4 is 11.6 Å². The van der Waals surface area contributed by atoms with Crippen LogP contribution in [0, 0.1) is 18.3 Å². The van der Waals surface area contributed by atoms with Crippen molar-refractivity contribution in [1.82, 2.24) is 0 Å². The van der Waals surface area contributed by atoms with Crippen LogP contribution in [-0.4, -0.2) is 0 Å². The molecule has 2 nitrogen and oxygen atoms in total. The van der Waals surface area contributed by atoms with Crippen LogP contribution in [0.15, 0.2) is 18.2 Å². The minimum absolute atomic E-state index is 0.234.